The van der Waals surface area contributed by atoms with Crippen LogP contribution in [0.25, 0.3) is 16.9 Å². The van der Waals surface area contributed by atoms with Gasteiger partial charge in [-0.2, -0.15) is 5.10 Å². The highest BCUT2D eigenvalue weighted by molar-refractivity contribution is 5.87. The molecule has 2 aromatic heterocycles. The lowest BCUT2D eigenvalue weighted by atomic mass is 10.1. The van der Waals surface area contributed by atoms with Gasteiger partial charge in [0.15, 0.2) is 11.3 Å². The van der Waals surface area contributed by atoms with Crippen LogP contribution >= 0.6 is 0 Å². The Kier molecular flexibility index (Phi) is 2.75. The Morgan fingerprint density at radius 1 is 1.20 bits per heavy atom. The Morgan fingerprint density at radius 2 is 1.95 bits per heavy atom. The molecule has 0 aliphatic carbocycles. The maximum absolute atomic E-state index is 11.1. The molecule has 0 amide bonds. The van der Waals surface area contributed by atoms with Gasteiger partial charge in [0.2, 0.25) is 0 Å². The van der Waals surface area contributed by atoms with E-state index < -0.39 is 5.97 Å². The largest absolute Gasteiger partial charge is 0.476 e. The van der Waals surface area contributed by atoms with Crippen LogP contribution in [0.5, 0.6) is 0 Å². The Bertz CT molecular complexity index is 821. The second-order valence-electron chi connectivity index (χ2n) is 4.70. The molecule has 0 radical (unpaired) electrons. The van der Waals surface area contributed by atoms with Crippen molar-refractivity contribution in [2.45, 2.75) is 13.8 Å². The number of fused-ring (bicyclic) bond motifs is 1. The quantitative estimate of drug-likeness (QED) is 0.775. The van der Waals surface area contributed by atoms with Crippen molar-refractivity contribution in [1.82, 2.24) is 14.6 Å². The Morgan fingerprint density at radius 3 is 2.65 bits per heavy atom. The molecule has 20 heavy (non-hydrogen) atoms. The molecule has 0 aliphatic rings. The summed E-state index contributed by atoms with van der Waals surface area (Å²) in [4.78, 5) is 15.4. The SMILES string of the molecule is Cc1cc(-c2ccccc2C)n2nc(C(=O)O)cc2n1. The highest BCUT2D eigenvalue weighted by Gasteiger charge is 2.14. The number of hydrogen-bond donors (Lipinski definition) is 1. The van der Waals surface area contributed by atoms with E-state index in [1.807, 2.05) is 44.2 Å². The maximum atomic E-state index is 11.1. The fourth-order valence-electron chi connectivity index (χ4n) is 2.26. The molecule has 0 fully saturated rings. The normalized spacial score (nSPS) is 10.9. The second-order valence-corrected chi connectivity index (χ2v) is 4.70. The molecule has 5 heteroatoms. The van der Waals surface area contributed by atoms with E-state index in [9.17, 15) is 4.79 Å². The summed E-state index contributed by atoms with van der Waals surface area (Å²) in [5, 5.41) is 13.2. The number of benzene rings is 1. The summed E-state index contributed by atoms with van der Waals surface area (Å²) in [5.74, 6) is -1.05. The predicted molar refractivity (Wildman–Crippen MR) is 74.9 cm³/mol. The van der Waals surface area contributed by atoms with Gasteiger partial charge >= 0.3 is 5.97 Å². The first-order valence-electron chi connectivity index (χ1n) is 6.23. The van der Waals surface area contributed by atoms with E-state index in [1.165, 1.54) is 6.07 Å². The molecule has 1 aromatic carbocycles. The minimum atomic E-state index is -1.05. The van der Waals surface area contributed by atoms with Gasteiger partial charge in [0, 0.05) is 17.3 Å². The van der Waals surface area contributed by atoms with Gasteiger partial charge in [-0.15, -0.1) is 0 Å². The van der Waals surface area contributed by atoms with Crippen molar-refractivity contribution in [3.8, 4) is 11.3 Å². The van der Waals surface area contributed by atoms with Crippen LogP contribution in [-0.4, -0.2) is 25.7 Å². The zero-order valence-corrected chi connectivity index (χ0v) is 11.2. The Hall–Kier alpha value is -2.69. The number of hydrogen-bond acceptors (Lipinski definition) is 3. The van der Waals surface area contributed by atoms with Gasteiger partial charge in [0.05, 0.1) is 5.69 Å². The van der Waals surface area contributed by atoms with E-state index in [-0.39, 0.29) is 5.69 Å². The van der Waals surface area contributed by atoms with Crippen LogP contribution in [0, 0.1) is 13.8 Å². The molecule has 100 valence electrons. The number of rotatable bonds is 2. The summed E-state index contributed by atoms with van der Waals surface area (Å²) in [6, 6.07) is 11.3. The first kappa shape index (κ1) is 12.3. The number of carboxylic acid groups (broad SMARTS) is 1. The fraction of sp³-hybridized carbons (Fsp3) is 0.133. The van der Waals surface area contributed by atoms with Crippen molar-refractivity contribution in [1.29, 1.82) is 0 Å². The standard InChI is InChI=1S/C15H13N3O2/c1-9-5-3-4-6-11(9)13-7-10(2)16-14-8-12(15(19)20)17-18(13)14/h3-8H,1-2H3,(H,19,20). The lowest BCUT2D eigenvalue weighted by molar-refractivity contribution is 0.0690. The van der Waals surface area contributed by atoms with E-state index in [4.69, 9.17) is 5.11 Å². The fourth-order valence-corrected chi connectivity index (χ4v) is 2.26. The summed E-state index contributed by atoms with van der Waals surface area (Å²) in [5.41, 5.74) is 4.33. The predicted octanol–water partition coefficient (Wildman–Crippen LogP) is 2.71. The number of carbonyl (C=O) groups is 1. The van der Waals surface area contributed by atoms with Crippen molar-refractivity contribution in [3.05, 3.63) is 53.3 Å². The van der Waals surface area contributed by atoms with Gasteiger partial charge in [0.25, 0.3) is 0 Å². The average molecular weight is 267 g/mol. The van der Waals surface area contributed by atoms with Crippen molar-refractivity contribution in [2.75, 3.05) is 0 Å². The van der Waals surface area contributed by atoms with Crippen molar-refractivity contribution in [2.24, 2.45) is 0 Å². The van der Waals surface area contributed by atoms with E-state index >= 15 is 0 Å². The molecule has 0 bridgehead atoms. The molecule has 0 unspecified atom stereocenters. The summed E-state index contributed by atoms with van der Waals surface area (Å²) >= 11 is 0. The highest BCUT2D eigenvalue weighted by Crippen LogP contribution is 2.24. The zero-order chi connectivity index (χ0) is 14.3. The lowest BCUT2D eigenvalue weighted by Crippen LogP contribution is -2.01. The summed E-state index contributed by atoms with van der Waals surface area (Å²) in [6.07, 6.45) is 0. The van der Waals surface area contributed by atoms with Crippen LogP contribution in [0.1, 0.15) is 21.7 Å². The average Bonchev–Trinajstić information content (AvgIpc) is 2.82. The minimum absolute atomic E-state index is 0.00191. The van der Waals surface area contributed by atoms with E-state index in [0.29, 0.717) is 5.65 Å². The molecule has 0 atom stereocenters. The van der Waals surface area contributed by atoms with Crippen LogP contribution in [0.15, 0.2) is 36.4 Å². The molecule has 3 rings (SSSR count). The Labute approximate surface area is 115 Å². The number of aryl methyl sites for hydroxylation is 2. The third-order valence-corrected chi connectivity index (χ3v) is 3.20. The molecule has 1 N–H and O–H groups in total. The second kappa shape index (κ2) is 4.45. The van der Waals surface area contributed by atoms with Crippen LogP contribution in [0.3, 0.4) is 0 Å². The molecule has 2 heterocycles. The van der Waals surface area contributed by atoms with E-state index in [2.05, 4.69) is 10.1 Å². The molecule has 5 nitrogen and oxygen atoms in total. The number of aromatic nitrogens is 3. The van der Waals surface area contributed by atoms with E-state index in [1.54, 1.807) is 4.52 Å². The Balaban J connectivity index is 2.35. The van der Waals surface area contributed by atoms with Crippen LogP contribution in [0.2, 0.25) is 0 Å². The van der Waals surface area contributed by atoms with Gasteiger partial charge in [-0.25, -0.2) is 14.3 Å². The number of aromatic carboxylic acids is 1. The lowest BCUT2D eigenvalue weighted by Gasteiger charge is -2.08. The number of nitrogens with zero attached hydrogens (tertiary/aromatic N) is 3. The van der Waals surface area contributed by atoms with Gasteiger partial charge in [0.1, 0.15) is 0 Å². The van der Waals surface area contributed by atoms with Gasteiger partial charge in [-0.1, -0.05) is 24.3 Å². The third kappa shape index (κ3) is 1.93. The summed E-state index contributed by atoms with van der Waals surface area (Å²) in [6.45, 7) is 3.90. The van der Waals surface area contributed by atoms with E-state index in [0.717, 1.165) is 22.5 Å². The molecule has 0 spiro atoms. The number of carboxylic acids is 1. The zero-order valence-electron chi connectivity index (χ0n) is 11.2. The topological polar surface area (TPSA) is 67.5 Å². The maximum Gasteiger partial charge on any atom is 0.356 e. The smallest absolute Gasteiger partial charge is 0.356 e. The molecule has 0 saturated carbocycles. The minimum Gasteiger partial charge on any atom is -0.476 e. The monoisotopic (exact) mass is 267 g/mol. The van der Waals surface area contributed by atoms with Gasteiger partial charge in [-0.3, -0.25) is 0 Å². The highest BCUT2D eigenvalue weighted by atomic mass is 16.4. The molecule has 3 aromatic rings. The van der Waals surface area contributed by atoms with Crippen molar-refractivity contribution in [3.63, 3.8) is 0 Å². The first-order chi connectivity index (χ1) is 9.56. The van der Waals surface area contributed by atoms with Crippen molar-refractivity contribution < 1.29 is 9.90 Å². The third-order valence-electron chi connectivity index (χ3n) is 3.20. The van der Waals surface area contributed by atoms with Crippen LogP contribution < -0.4 is 0 Å². The molecule has 0 saturated heterocycles. The molecular formula is C15H13N3O2. The van der Waals surface area contributed by atoms with Gasteiger partial charge in [-0.05, 0) is 25.5 Å². The first-order valence-corrected chi connectivity index (χ1v) is 6.23. The van der Waals surface area contributed by atoms with Crippen LogP contribution in [0.4, 0.5) is 0 Å². The molecule has 0 aliphatic heterocycles. The summed E-state index contributed by atoms with van der Waals surface area (Å²) in [7, 11) is 0. The molecular weight excluding hydrogens is 254 g/mol. The van der Waals surface area contributed by atoms with Crippen molar-refractivity contribution >= 4 is 11.6 Å². The van der Waals surface area contributed by atoms with Crippen LogP contribution in [-0.2, 0) is 0 Å². The summed E-state index contributed by atoms with van der Waals surface area (Å²) < 4.78 is 1.58. The van der Waals surface area contributed by atoms with Gasteiger partial charge < -0.3 is 5.11 Å².